The van der Waals surface area contributed by atoms with Crippen LogP contribution < -0.4 is 5.73 Å². The van der Waals surface area contributed by atoms with Crippen molar-refractivity contribution in [3.05, 3.63) is 23.0 Å². The Hall–Kier alpha value is -1.66. The molecule has 1 aliphatic carbocycles. The van der Waals surface area contributed by atoms with E-state index in [2.05, 4.69) is 17.1 Å². The average molecular weight is 351 g/mol. The van der Waals surface area contributed by atoms with Crippen LogP contribution in [0.4, 0.5) is 0 Å². The fourth-order valence-electron chi connectivity index (χ4n) is 3.62. The molecular weight excluding hydrogens is 328 g/mol. The molecule has 6 nitrogen and oxygen atoms in total. The van der Waals surface area contributed by atoms with Crippen LogP contribution >= 0.6 is 12.4 Å². The lowest BCUT2D eigenvalue weighted by Crippen LogP contribution is -2.34. The molecule has 24 heavy (non-hydrogen) atoms. The van der Waals surface area contributed by atoms with Crippen molar-refractivity contribution in [2.75, 3.05) is 13.1 Å². The molecule has 0 aromatic carbocycles. The number of fused-ring (bicyclic) bond motifs is 1. The number of carbonyl (C=O) groups is 1. The van der Waals surface area contributed by atoms with Gasteiger partial charge in [-0.2, -0.15) is 0 Å². The molecule has 2 unspecified atom stereocenters. The SMILES string of the molecule is Cc1noc2nc(C3CC3)cc(C(=O)N3CC(CN)CC3C)c12.Cl. The first-order chi connectivity index (χ1) is 11.1. The highest BCUT2D eigenvalue weighted by Crippen LogP contribution is 2.41. The summed E-state index contributed by atoms with van der Waals surface area (Å²) in [6.07, 6.45) is 3.23. The first-order valence-electron chi connectivity index (χ1n) is 8.36. The molecule has 1 amide bonds. The van der Waals surface area contributed by atoms with Crippen molar-refractivity contribution in [1.82, 2.24) is 15.0 Å². The van der Waals surface area contributed by atoms with E-state index in [4.69, 9.17) is 10.3 Å². The van der Waals surface area contributed by atoms with Gasteiger partial charge in [-0.25, -0.2) is 4.98 Å². The number of rotatable bonds is 3. The maximum absolute atomic E-state index is 13.2. The van der Waals surface area contributed by atoms with Gasteiger partial charge >= 0.3 is 0 Å². The third-order valence-electron chi connectivity index (χ3n) is 5.12. The van der Waals surface area contributed by atoms with Crippen molar-refractivity contribution >= 4 is 29.4 Å². The second-order valence-corrected chi connectivity index (χ2v) is 6.96. The van der Waals surface area contributed by atoms with Gasteiger partial charge in [0, 0.05) is 24.2 Å². The normalized spacial score (nSPS) is 23.5. The lowest BCUT2D eigenvalue weighted by Gasteiger charge is -2.22. The van der Waals surface area contributed by atoms with Crippen LogP contribution in [0.2, 0.25) is 0 Å². The Kier molecular flexibility index (Phi) is 4.53. The second-order valence-electron chi connectivity index (χ2n) is 6.96. The number of nitrogens with zero attached hydrogens (tertiary/aromatic N) is 3. The largest absolute Gasteiger partial charge is 0.336 e. The van der Waals surface area contributed by atoms with E-state index >= 15 is 0 Å². The van der Waals surface area contributed by atoms with E-state index in [0.717, 1.165) is 42.6 Å². The minimum Gasteiger partial charge on any atom is -0.336 e. The standard InChI is InChI=1S/C17H22N4O2.ClH/c1-9-5-11(7-18)8-21(9)17(22)13-6-14(12-3-4-12)19-16-15(13)10(2)20-23-16;/h6,9,11-12H,3-5,7-8,18H2,1-2H3;1H. The topological polar surface area (TPSA) is 85.2 Å². The molecule has 7 heteroatoms. The summed E-state index contributed by atoms with van der Waals surface area (Å²) in [5.74, 6) is 0.899. The molecule has 4 rings (SSSR count). The third kappa shape index (κ3) is 2.78. The van der Waals surface area contributed by atoms with E-state index in [-0.39, 0.29) is 24.4 Å². The van der Waals surface area contributed by atoms with Crippen LogP contribution in [0.5, 0.6) is 0 Å². The van der Waals surface area contributed by atoms with Crippen molar-refractivity contribution in [3.8, 4) is 0 Å². The van der Waals surface area contributed by atoms with E-state index in [1.165, 1.54) is 0 Å². The van der Waals surface area contributed by atoms with E-state index in [9.17, 15) is 4.79 Å². The van der Waals surface area contributed by atoms with E-state index < -0.39 is 0 Å². The molecule has 2 aromatic heterocycles. The van der Waals surface area contributed by atoms with Crippen molar-refractivity contribution in [2.45, 2.75) is 45.1 Å². The van der Waals surface area contributed by atoms with Crippen LogP contribution in [0.1, 0.15) is 53.8 Å². The Bertz CT molecular complexity index is 771. The van der Waals surface area contributed by atoms with Crippen LogP contribution in [0.25, 0.3) is 11.1 Å². The van der Waals surface area contributed by atoms with E-state index in [1.807, 2.05) is 17.9 Å². The number of likely N-dealkylation sites (tertiary alicyclic amines) is 1. The minimum atomic E-state index is 0. The monoisotopic (exact) mass is 350 g/mol. The molecule has 1 saturated heterocycles. The number of nitrogens with two attached hydrogens (primary N) is 1. The van der Waals surface area contributed by atoms with E-state index in [1.54, 1.807) is 0 Å². The molecule has 2 aliphatic rings. The molecule has 0 radical (unpaired) electrons. The maximum Gasteiger partial charge on any atom is 0.259 e. The zero-order valence-corrected chi connectivity index (χ0v) is 14.8. The Morgan fingerprint density at radius 1 is 1.46 bits per heavy atom. The van der Waals surface area contributed by atoms with Gasteiger partial charge in [0.1, 0.15) is 0 Å². The molecule has 1 saturated carbocycles. The Morgan fingerprint density at radius 3 is 2.83 bits per heavy atom. The quantitative estimate of drug-likeness (QED) is 0.919. The van der Waals surface area contributed by atoms with Crippen LogP contribution in [0, 0.1) is 12.8 Å². The van der Waals surface area contributed by atoms with Crippen LogP contribution in [0.3, 0.4) is 0 Å². The van der Waals surface area contributed by atoms with Crippen LogP contribution in [-0.2, 0) is 0 Å². The van der Waals surface area contributed by atoms with E-state index in [0.29, 0.717) is 29.7 Å². The van der Waals surface area contributed by atoms with Crippen molar-refractivity contribution in [3.63, 3.8) is 0 Å². The highest BCUT2D eigenvalue weighted by Gasteiger charge is 2.35. The number of amides is 1. The summed E-state index contributed by atoms with van der Waals surface area (Å²) in [4.78, 5) is 19.7. The molecule has 2 atom stereocenters. The number of halogens is 1. The number of hydrogen-bond donors (Lipinski definition) is 1. The Labute approximate surface area is 147 Å². The predicted octanol–water partition coefficient (Wildman–Crippen LogP) is 2.64. The molecule has 2 aromatic rings. The Balaban J connectivity index is 0.00000169. The molecule has 3 heterocycles. The predicted molar refractivity (Wildman–Crippen MR) is 93.4 cm³/mol. The highest BCUT2D eigenvalue weighted by molar-refractivity contribution is 6.06. The number of carbonyl (C=O) groups excluding carboxylic acids is 1. The number of pyridine rings is 1. The van der Waals surface area contributed by atoms with Gasteiger partial charge in [-0.05, 0) is 51.6 Å². The molecule has 2 fully saturated rings. The van der Waals surface area contributed by atoms with Gasteiger partial charge in [-0.15, -0.1) is 12.4 Å². The zero-order chi connectivity index (χ0) is 16.1. The molecule has 2 N–H and O–H groups in total. The van der Waals surface area contributed by atoms with Crippen molar-refractivity contribution < 1.29 is 9.32 Å². The van der Waals surface area contributed by atoms with Crippen molar-refractivity contribution in [1.29, 1.82) is 0 Å². The fraction of sp³-hybridized carbons (Fsp3) is 0.588. The average Bonchev–Trinajstić information content (AvgIpc) is 3.24. The van der Waals surface area contributed by atoms with Gasteiger partial charge in [-0.3, -0.25) is 4.79 Å². The Morgan fingerprint density at radius 2 is 2.21 bits per heavy atom. The maximum atomic E-state index is 13.2. The number of aryl methyl sites for hydroxylation is 1. The summed E-state index contributed by atoms with van der Waals surface area (Å²) in [5.41, 5.74) is 8.64. The van der Waals surface area contributed by atoms with Gasteiger partial charge in [-0.1, -0.05) is 5.16 Å². The minimum absolute atomic E-state index is 0. The number of aromatic nitrogens is 2. The molecule has 1 aliphatic heterocycles. The molecular formula is C17H23ClN4O2. The fourth-order valence-corrected chi connectivity index (χ4v) is 3.62. The first-order valence-corrected chi connectivity index (χ1v) is 8.36. The van der Waals surface area contributed by atoms with Gasteiger partial charge in [0.05, 0.1) is 16.6 Å². The number of hydrogen-bond acceptors (Lipinski definition) is 5. The first kappa shape index (κ1) is 17.2. The zero-order valence-electron chi connectivity index (χ0n) is 14.0. The summed E-state index contributed by atoms with van der Waals surface area (Å²) in [6.45, 7) is 5.30. The lowest BCUT2D eigenvalue weighted by molar-refractivity contribution is 0.0745. The second kappa shape index (κ2) is 6.33. The lowest BCUT2D eigenvalue weighted by atomic mass is 10.1. The van der Waals surface area contributed by atoms with Gasteiger partial charge < -0.3 is 15.2 Å². The summed E-state index contributed by atoms with van der Waals surface area (Å²) in [6, 6.07) is 2.17. The molecule has 0 spiro atoms. The van der Waals surface area contributed by atoms with Gasteiger partial charge in [0.2, 0.25) is 0 Å². The third-order valence-corrected chi connectivity index (χ3v) is 5.12. The summed E-state index contributed by atoms with van der Waals surface area (Å²) >= 11 is 0. The summed E-state index contributed by atoms with van der Waals surface area (Å²) in [7, 11) is 0. The molecule has 130 valence electrons. The summed E-state index contributed by atoms with van der Waals surface area (Å²) in [5, 5.41) is 4.76. The van der Waals surface area contributed by atoms with Gasteiger partial charge in [0.15, 0.2) is 0 Å². The van der Waals surface area contributed by atoms with Crippen LogP contribution in [-0.4, -0.2) is 40.1 Å². The van der Waals surface area contributed by atoms with Crippen LogP contribution in [0.15, 0.2) is 10.6 Å². The highest BCUT2D eigenvalue weighted by atomic mass is 35.5. The van der Waals surface area contributed by atoms with Crippen molar-refractivity contribution in [2.24, 2.45) is 11.7 Å². The van der Waals surface area contributed by atoms with Gasteiger partial charge in [0.25, 0.3) is 11.6 Å². The molecule has 0 bridgehead atoms. The summed E-state index contributed by atoms with van der Waals surface area (Å²) < 4.78 is 5.34. The smallest absolute Gasteiger partial charge is 0.259 e.